The lowest BCUT2D eigenvalue weighted by Crippen LogP contribution is -2.14. The van der Waals surface area contributed by atoms with E-state index >= 15 is 0 Å². The summed E-state index contributed by atoms with van der Waals surface area (Å²) < 4.78 is 17.7. The number of hydrogen-bond donors (Lipinski definition) is 2. The first-order valence-corrected chi connectivity index (χ1v) is 8.11. The minimum Gasteiger partial charge on any atom is -0.465 e. The zero-order valence-corrected chi connectivity index (χ0v) is 14.2. The van der Waals surface area contributed by atoms with Crippen molar-refractivity contribution in [2.24, 2.45) is 0 Å². The average molecular weight is 359 g/mol. The van der Waals surface area contributed by atoms with Crippen molar-refractivity contribution in [3.8, 4) is 11.3 Å². The number of methoxy groups -OCH3 is 1. The van der Waals surface area contributed by atoms with Crippen LogP contribution in [0, 0.1) is 12.7 Å². The quantitative estimate of drug-likeness (QED) is 0.697. The molecule has 0 spiro atoms. The first kappa shape index (κ1) is 16.8. The number of anilines is 1. The third kappa shape index (κ3) is 3.58. The monoisotopic (exact) mass is 359 g/mol. The lowest BCUT2D eigenvalue weighted by atomic mass is 10.1. The molecular weight excluding hydrogens is 345 g/mol. The van der Waals surface area contributed by atoms with Crippen LogP contribution in [0.2, 0.25) is 0 Å². The molecule has 128 valence electrons. The molecule has 2 heterocycles. The number of nitrogens with zero attached hydrogens (tertiary/aromatic N) is 1. The Balaban J connectivity index is 1.81. The third-order valence-corrected chi connectivity index (χ3v) is 4.42. The van der Waals surface area contributed by atoms with E-state index in [0.29, 0.717) is 21.8 Å². The molecule has 0 atom stereocenters. The number of rotatable bonds is 4. The predicted octanol–water partition coefficient (Wildman–Crippen LogP) is 3.62. The third-order valence-electron chi connectivity index (χ3n) is 3.45. The maximum atomic E-state index is 13.0. The summed E-state index contributed by atoms with van der Waals surface area (Å²) >= 11 is 1.28. The van der Waals surface area contributed by atoms with Gasteiger partial charge in [0.05, 0.1) is 18.4 Å². The molecule has 0 fully saturated rings. The predicted molar refractivity (Wildman–Crippen MR) is 92.3 cm³/mol. The second-order valence-corrected chi connectivity index (χ2v) is 6.48. The highest BCUT2D eigenvalue weighted by atomic mass is 32.1. The van der Waals surface area contributed by atoms with Crippen molar-refractivity contribution in [2.75, 3.05) is 12.4 Å². The number of hydrogen-bond acceptors (Lipinski definition) is 5. The van der Waals surface area contributed by atoms with Gasteiger partial charge < -0.3 is 10.1 Å². The van der Waals surface area contributed by atoms with Gasteiger partial charge in [-0.3, -0.25) is 9.89 Å². The smallest absolute Gasteiger partial charge is 0.340 e. The van der Waals surface area contributed by atoms with E-state index in [-0.39, 0.29) is 11.5 Å². The Kier molecular flexibility index (Phi) is 4.62. The molecule has 1 aromatic carbocycles. The molecule has 0 aliphatic rings. The summed E-state index contributed by atoms with van der Waals surface area (Å²) in [5.41, 5.74) is 1.72. The molecule has 0 aliphatic heterocycles. The SMILES string of the molecule is COC(=O)c1cc(C)sc1NC(=O)c1cc(-c2ccc(F)cc2)n[nH]1. The molecular formula is C17H14FN3O3S. The Morgan fingerprint density at radius 2 is 1.96 bits per heavy atom. The van der Waals surface area contributed by atoms with Crippen molar-refractivity contribution in [3.05, 3.63) is 58.3 Å². The van der Waals surface area contributed by atoms with Crippen LogP contribution in [0.15, 0.2) is 36.4 Å². The molecule has 2 aromatic heterocycles. The molecule has 8 heteroatoms. The summed E-state index contributed by atoms with van der Waals surface area (Å²) in [4.78, 5) is 25.0. The molecule has 0 radical (unpaired) electrons. The summed E-state index contributed by atoms with van der Waals surface area (Å²) in [6.45, 7) is 1.83. The summed E-state index contributed by atoms with van der Waals surface area (Å²) in [5.74, 6) is -1.30. The Hall–Kier alpha value is -3.00. The van der Waals surface area contributed by atoms with E-state index in [9.17, 15) is 14.0 Å². The number of esters is 1. The molecule has 25 heavy (non-hydrogen) atoms. The van der Waals surface area contributed by atoms with Crippen molar-refractivity contribution < 1.29 is 18.7 Å². The van der Waals surface area contributed by atoms with Gasteiger partial charge in [0.15, 0.2) is 0 Å². The van der Waals surface area contributed by atoms with Crippen LogP contribution in [0.1, 0.15) is 25.7 Å². The Bertz CT molecular complexity index is 931. The number of amides is 1. The van der Waals surface area contributed by atoms with Crippen LogP contribution in [-0.4, -0.2) is 29.2 Å². The zero-order chi connectivity index (χ0) is 18.0. The molecule has 0 unspecified atom stereocenters. The van der Waals surface area contributed by atoms with Crippen LogP contribution >= 0.6 is 11.3 Å². The fourth-order valence-electron chi connectivity index (χ4n) is 2.25. The van der Waals surface area contributed by atoms with Crippen LogP contribution in [0.25, 0.3) is 11.3 Å². The number of halogens is 1. The summed E-state index contributed by atoms with van der Waals surface area (Å²) in [6.07, 6.45) is 0. The van der Waals surface area contributed by atoms with E-state index < -0.39 is 11.9 Å². The van der Waals surface area contributed by atoms with Crippen molar-refractivity contribution in [1.82, 2.24) is 10.2 Å². The van der Waals surface area contributed by atoms with Gasteiger partial charge in [-0.05, 0) is 43.3 Å². The maximum absolute atomic E-state index is 13.0. The number of carbonyl (C=O) groups excluding carboxylic acids is 2. The van der Waals surface area contributed by atoms with Crippen molar-refractivity contribution >= 4 is 28.2 Å². The van der Waals surface area contributed by atoms with Gasteiger partial charge in [-0.2, -0.15) is 5.10 Å². The van der Waals surface area contributed by atoms with Gasteiger partial charge in [0.2, 0.25) is 0 Å². The van der Waals surface area contributed by atoms with Crippen molar-refractivity contribution in [3.63, 3.8) is 0 Å². The highest BCUT2D eigenvalue weighted by molar-refractivity contribution is 7.16. The number of aromatic nitrogens is 2. The van der Waals surface area contributed by atoms with Crippen LogP contribution in [0.4, 0.5) is 9.39 Å². The fourth-order valence-corrected chi connectivity index (χ4v) is 3.14. The normalized spacial score (nSPS) is 10.5. The summed E-state index contributed by atoms with van der Waals surface area (Å²) in [5, 5.41) is 9.80. The first-order valence-electron chi connectivity index (χ1n) is 7.29. The molecule has 0 aliphatic carbocycles. The van der Waals surface area contributed by atoms with E-state index in [2.05, 4.69) is 15.5 Å². The molecule has 0 bridgehead atoms. The van der Waals surface area contributed by atoms with E-state index in [1.54, 1.807) is 24.3 Å². The number of thiophene rings is 1. The molecule has 1 amide bonds. The first-order chi connectivity index (χ1) is 12.0. The van der Waals surface area contributed by atoms with Gasteiger partial charge in [0, 0.05) is 10.4 Å². The molecule has 6 nitrogen and oxygen atoms in total. The summed E-state index contributed by atoms with van der Waals surface area (Å²) in [7, 11) is 1.28. The average Bonchev–Trinajstić information content (AvgIpc) is 3.22. The molecule has 0 saturated heterocycles. The second kappa shape index (κ2) is 6.86. The lowest BCUT2D eigenvalue weighted by Gasteiger charge is -2.03. The standard InChI is InChI=1S/C17H14FN3O3S/c1-9-7-12(17(23)24-2)16(25-9)19-15(22)14-8-13(20-21-14)10-3-5-11(18)6-4-10/h3-8H,1-2H3,(H,19,22)(H,20,21). The maximum Gasteiger partial charge on any atom is 0.340 e. The number of aromatic amines is 1. The number of benzene rings is 1. The van der Waals surface area contributed by atoms with Gasteiger partial charge in [-0.25, -0.2) is 9.18 Å². The Labute approximate surface area is 146 Å². The molecule has 3 rings (SSSR count). The minimum absolute atomic E-state index is 0.223. The van der Waals surface area contributed by atoms with Crippen molar-refractivity contribution in [2.45, 2.75) is 6.92 Å². The van der Waals surface area contributed by atoms with Gasteiger partial charge in [-0.15, -0.1) is 11.3 Å². The molecule has 2 N–H and O–H groups in total. The number of aryl methyl sites for hydroxylation is 1. The largest absolute Gasteiger partial charge is 0.465 e. The van der Waals surface area contributed by atoms with Gasteiger partial charge >= 0.3 is 5.97 Å². The van der Waals surface area contributed by atoms with Gasteiger partial charge in [0.1, 0.15) is 16.5 Å². The highest BCUT2D eigenvalue weighted by Gasteiger charge is 2.19. The lowest BCUT2D eigenvalue weighted by molar-refractivity contribution is 0.0602. The number of carbonyl (C=O) groups is 2. The minimum atomic E-state index is -0.517. The number of H-pyrrole nitrogens is 1. The van der Waals surface area contributed by atoms with Crippen molar-refractivity contribution in [1.29, 1.82) is 0 Å². The zero-order valence-electron chi connectivity index (χ0n) is 13.4. The Morgan fingerprint density at radius 3 is 2.64 bits per heavy atom. The topological polar surface area (TPSA) is 84.1 Å². The van der Waals surface area contributed by atoms with E-state index in [1.807, 2.05) is 6.92 Å². The number of ether oxygens (including phenoxy) is 1. The van der Waals surface area contributed by atoms with E-state index in [0.717, 1.165) is 4.88 Å². The Morgan fingerprint density at radius 1 is 1.24 bits per heavy atom. The number of nitrogens with one attached hydrogen (secondary N) is 2. The summed E-state index contributed by atoms with van der Waals surface area (Å²) in [6, 6.07) is 9.00. The van der Waals surface area contributed by atoms with E-state index in [4.69, 9.17) is 4.74 Å². The molecule has 0 saturated carbocycles. The van der Waals surface area contributed by atoms with Gasteiger partial charge in [-0.1, -0.05) is 0 Å². The fraction of sp³-hybridized carbons (Fsp3) is 0.118. The van der Waals surface area contributed by atoms with Crippen LogP contribution < -0.4 is 5.32 Å². The van der Waals surface area contributed by atoms with Crippen LogP contribution in [-0.2, 0) is 4.74 Å². The second-order valence-electron chi connectivity index (χ2n) is 5.22. The highest BCUT2D eigenvalue weighted by Crippen LogP contribution is 2.29. The van der Waals surface area contributed by atoms with Crippen LogP contribution in [0.3, 0.4) is 0 Å². The van der Waals surface area contributed by atoms with Gasteiger partial charge in [0.25, 0.3) is 5.91 Å². The molecule has 3 aromatic rings. The van der Waals surface area contributed by atoms with Crippen LogP contribution in [0.5, 0.6) is 0 Å². The van der Waals surface area contributed by atoms with E-state index in [1.165, 1.54) is 30.6 Å².